The Bertz CT molecular complexity index is 1350. The van der Waals surface area contributed by atoms with Gasteiger partial charge in [-0.2, -0.15) is 0 Å². The molecule has 0 aliphatic carbocycles. The number of alkyl halides is 2. The van der Waals surface area contributed by atoms with Crippen LogP contribution < -0.4 is 21.3 Å². The fourth-order valence-electron chi connectivity index (χ4n) is 5.33. The molecule has 0 saturated carbocycles. The Morgan fingerprint density at radius 1 is 0.979 bits per heavy atom. The predicted octanol–water partition coefficient (Wildman–Crippen LogP) is 2.89. The zero-order chi connectivity index (χ0) is 36.4. The first-order valence-electron chi connectivity index (χ1n) is 16.3. The van der Waals surface area contributed by atoms with E-state index in [9.17, 15) is 36.4 Å². The number of sulfonamides is 1. The molecule has 1 aromatic rings. The molecule has 1 aromatic carbocycles. The monoisotopic (exact) mass is 700 g/mol. The minimum Gasteiger partial charge on any atom is -0.354 e. The number of hydrogen-bond acceptors (Lipinski definition) is 6. The van der Waals surface area contributed by atoms with Crippen LogP contribution in [-0.4, -0.2) is 105 Å². The zero-order valence-corrected chi connectivity index (χ0v) is 30.3. The number of aryl methyl sites for hydroxylation is 1. The Morgan fingerprint density at radius 3 is 2.15 bits per heavy atom. The Balaban J connectivity index is 2.13. The molecule has 12 nitrogen and oxygen atoms in total. The minimum absolute atomic E-state index is 0.00135. The number of amides is 5. The highest BCUT2D eigenvalue weighted by molar-refractivity contribution is 7.88. The quantitative estimate of drug-likeness (QED) is 0.206. The molecule has 5 amide bonds. The standard InChI is InChI=1S/C33H54F2N6O6S/c1-32(2,3)25(21-40(7)48(8,46)47)38-31(45)39-27(33(4,5)6)30(44)41-19-13-17-24(41)29(43)37-23(20-26(34)35)28(42)36-18-12-16-22-14-10-9-11-15-22/h9-11,14-15,23-27H,12-13,16-21H2,1-8H3,(H,36,42)(H,37,43)(H2,38,39,45)/t23-,24-,25+,27+/m0/s1. The SMILES string of the molecule is CN(C[C@@H](NC(=O)N[C@H](C(=O)N1CCC[C@H]1C(=O)N[C@@H](CC(F)F)C(=O)NCCCc1ccccc1)C(C)(C)C)C(C)(C)C)S(C)(=O)=O. The molecule has 1 saturated heterocycles. The molecule has 0 bridgehead atoms. The Kier molecular flexibility index (Phi) is 14.8. The molecule has 4 N–H and O–H groups in total. The van der Waals surface area contributed by atoms with E-state index in [-0.39, 0.29) is 26.1 Å². The van der Waals surface area contributed by atoms with Gasteiger partial charge in [-0.05, 0) is 42.1 Å². The highest BCUT2D eigenvalue weighted by atomic mass is 32.2. The molecule has 2 rings (SSSR count). The van der Waals surface area contributed by atoms with Gasteiger partial charge in [0.25, 0.3) is 0 Å². The van der Waals surface area contributed by atoms with E-state index in [4.69, 9.17) is 0 Å². The molecule has 0 spiro atoms. The van der Waals surface area contributed by atoms with Crippen molar-refractivity contribution in [1.29, 1.82) is 0 Å². The second-order valence-corrected chi connectivity index (χ2v) is 16.7. The number of halogens is 2. The van der Waals surface area contributed by atoms with Gasteiger partial charge in [0.2, 0.25) is 34.2 Å². The van der Waals surface area contributed by atoms with E-state index in [0.717, 1.165) is 16.1 Å². The van der Waals surface area contributed by atoms with Crippen LogP contribution in [0.15, 0.2) is 30.3 Å². The van der Waals surface area contributed by atoms with Crippen molar-refractivity contribution in [3.05, 3.63) is 35.9 Å². The number of nitrogens with zero attached hydrogens (tertiary/aromatic N) is 2. The molecule has 0 aromatic heterocycles. The van der Waals surface area contributed by atoms with Gasteiger partial charge in [0.1, 0.15) is 18.1 Å². The number of hydrogen-bond donors (Lipinski definition) is 4. The Labute approximate surface area is 284 Å². The Morgan fingerprint density at radius 2 is 1.60 bits per heavy atom. The molecule has 0 radical (unpaired) electrons. The molecule has 1 heterocycles. The lowest BCUT2D eigenvalue weighted by molar-refractivity contribution is -0.142. The summed E-state index contributed by atoms with van der Waals surface area (Å²) in [4.78, 5) is 54.8. The normalized spacial score (nSPS) is 17.5. The van der Waals surface area contributed by atoms with Crippen molar-refractivity contribution < 1.29 is 36.4 Å². The van der Waals surface area contributed by atoms with Crippen LogP contribution in [0.3, 0.4) is 0 Å². The maximum absolute atomic E-state index is 13.9. The van der Waals surface area contributed by atoms with Gasteiger partial charge in [0.05, 0.1) is 6.26 Å². The molecular formula is C33H54F2N6O6S. The van der Waals surface area contributed by atoms with Gasteiger partial charge < -0.3 is 26.2 Å². The Hall–Kier alpha value is -3.33. The van der Waals surface area contributed by atoms with Crippen LogP contribution in [0, 0.1) is 10.8 Å². The smallest absolute Gasteiger partial charge is 0.315 e. The van der Waals surface area contributed by atoms with Crippen molar-refractivity contribution in [3.63, 3.8) is 0 Å². The number of benzene rings is 1. The second kappa shape index (κ2) is 17.4. The van der Waals surface area contributed by atoms with Crippen molar-refractivity contribution >= 4 is 33.8 Å². The summed E-state index contributed by atoms with van der Waals surface area (Å²) in [6.07, 6.45) is -0.690. The summed E-state index contributed by atoms with van der Waals surface area (Å²) in [5.74, 6) is -1.99. The average molecular weight is 701 g/mol. The summed E-state index contributed by atoms with van der Waals surface area (Å²) < 4.78 is 52.1. The van der Waals surface area contributed by atoms with Gasteiger partial charge in [-0.3, -0.25) is 14.4 Å². The van der Waals surface area contributed by atoms with Gasteiger partial charge in [0.15, 0.2) is 0 Å². The van der Waals surface area contributed by atoms with Crippen molar-refractivity contribution in [2.75, 3.05) is 32.9 Å². The van der Waals surface area contributed by atoms with Crippen molar-refractivity contribution in [1.82, 2.24) is 30.5 Å². The number of urea groups is 1. The predicted molar refractivity (Wildman–Crippen MR) is 181 cm³/mol. The molecule has 4 atom stereocenters. The van der Waals surface area contributed by atoms with Crippen LogP contribution in [0.2, 0.25) is 0 Å². The molecule has 0 unspecified atom stereocenters. The van der Waals surface area contributed by atoms with Crippen molar-refractivity contribution in [3.8, 4) is 0 Å². The molecule has 15 heteroatoms. The molecule has 1 fully saturated rings. The summed E-state index contributed by atoms with van der Waals surface area (Å²) in [6, 6.07) is 4.69. The van der Waals surface area contributed by atoms with E-state index in [0.29, 0.717) is 19.3 Å². The van der Waals surface area contributed by atoms with Crippen LogP contribution in [0.25, 0.3) is 0 Å². The summed E-state index contributed by atoms with van der Waals surface area (Å²) in [5.41, 5.74) is -0.278. The lowest BCUT2D eigenvalue weighted by Crippen LogP contribution is -2.62. The van der Waals surface area contributed by atoms with E-state index >= 15 is 0 Å². The van der Waals surface area contributed by atoms with Gasteiger partial charge in [0, 0.05) is 39.1 Å². The molecule has 272 valence electrons. The molecular weight excluding hydrogens is 646 g/mol. The number of likely N-dealkylation sites (N-methyl/N-ethyl adjacent to an activating group) is 1. The number of rotatable bonds is 15. The average Bonchev–Trinajstić information content (AvgIpc) is 3.46. The van der Waals surface area contributed by atoms with E-state index < -0.39 is 81.6 Å². The van der Waals surface area contributed by atoms with Gasteiger partial charge in [-0.25, -0.2) is 26.3 Å². The third kappa shape index (κ3) is 12.9. The maximum Gasteiger partial charge on any atom is 0.315 e. The van der Waals surface area contributed by atoms with Crippen LogP contribution >= 0.6 is 0 Å². The van der Waals surface area contributed by atoms with E-state index in [1.54, 1.807) is 20.8 Å². The number of carbonyl (C=O) groups is 4. The second-order valence-electron chi connectivity index (χ2n) is 14.6. The molecule has 48 heavy (non-hydrogen) atoms. The third-order valence-electron chi connectivity index (χ3n) is 8.41. The number of likely N-dealkylation sites (tertiary alicyclic amines) is 1. The topological polar surface area (TPSA) is 157 Å². The number of nitrogens with one attached hydrogen (secondary N) is 4. The van der Waals surface area contributed by atoms with E-state index in [1.807, 2.05) is 51.1 Å². The van der Waals surface area contributed by atoms with Gasteiger partial charge in [-0.1, -0.05) is 71.9 Å². The van der Waals surface area contributed by atoms with E-state index in [2.05, 4.69) is 21.3 Å². The fraction of sp³-hybridized carbons (Fsp3) is 0.697. The van der Waals surface area contributed by atoms with Crippen molar-refractivity contribution in [2.45, 2.75) is 104 Å². The molecule has 1 aliphatic rings. The van der Waals surface area contributed by atoms with Crippen LogP contribution in [0.4, 0.5) is 13.6 Å². The van der Waals surface area contributed by atoms with Gasteiger partial charge >= 0.3 is 6.03 Å². The first kappa shape index (κ1) is 40.8. The highest BCUT2D eigenvalue weighted by Gasteiger charge is 2.43. The first-order chi connectivity index (χ1) is 22.1. The zero-order valence-electron chi connectivity index (χ0n) is 29.4. The number of carbonyl (C=O) groups excluding carboxylic acids is 4. The summed E-state index contributed by atoms with van der Waals surface area (Å²) >= 11 is 0. The fourth-order valence-corrected chi connectivity index (χ4v) is 5.75. The lowest BCUT2D eigenvalue weighted by atomic mass is 9.85. The van der Waals surface area contributed by atoms with Crippen LogP contribution in [0.5, 0.6) is 0 Å². The summed E-state index contributed by atoms with van der Waals surface area (Å²) in [5, 5.41) is 10.6. The largest absolute Gasteiger partial charge is 0.354 e. The van der Waals surface area contributed by atoms with Crippen molar-refractivity contribution in [2.24, 2.45) is 10.8 Å². The van der Waals surface area contributed by atoms with Crippen LogP contribution in [0.1, 0.15) is 72.8 Å². The minimum atomic E-state index is -3.52. The summed E-state index contributed by atoms with van der Waals surface area (Å²) in [6.45, 7) is 11.2. The summed E-state index contributed by atoms with van der Waals surface area (Å²) in [7, 11) is -2.11. The molecule has 1 aliphatic heterocycles. The lowest BCUT2D eigenvalue weighted by Gasteiger charge is -2.37. The first-order valence-corrected chi connectivity index (χ1v) is 18.1. The van der Waals surface area contributed by atoms with Gasteiger partial charge in [-0.15, -0.1) is 0 Å². The maximum atomic E-state index is 13.9. The third-order valence-corrected chi connectivity index (χ3v) is 9.70. The highest BCUT2D eigenvalue weighted by Crippen LogP contribution is 2.27. The van der Waals surface area contributed by atoms with Crippen LogP contribution in [-0.2, 0) is 30.8 Å². The van der Waals surface area contributed by atoms with E-state index in [1.165, 1.54) is 11.9 Å².